The van der Waals surface area contributed by atoms with Gasteiger partial charge in [0.15, 0.2) is 0 Å². The Bertz CT molecular complexity index is 2450. The fraction of sp³-hybridized carbons (Fsp3) is 0. The molecule has 1 aliphatic carbocycles. The molecule has 0 aliphatic heterocycles. The van der Waals surface area contributed by atoms with Crippen LogP contribution in [-0.4, -0.2) is 4.57 Å². The van der Waals surface area contributed by atoms with Gasteiger partial charge in [-0.1, -0.05) is 84.9 Å². The first-order valence-electron chi connectivity index (χ1n) is 14.3. The number of aromatic nitrogens is 1. The summed E-state index contributed by atoms with van der Waals surface area (Å²) in [7, 11) is 0. The van der Waals surface area contributed by atoms with Crippen molar-refractivity contribution in [2.45, 2.75) is 0 Å². The molecule has 0 saturated carbocycles. The standard InChI is InChI=1S/C40H23N/c1-2-6-24(7-3-1)27-14-15-28-20-33-34-21-29-16-17-32(19-31(29)23-36(34)35(33)22-30(28)18-27)41-37-10-4-8-25-12-13-26-9-5-11-38(41)40(26)39(25)37/h1-23H. The summed E-state index contributed by atoms with van der Waals surface area (Å²) in [5.41, 5.74) is 11.7. The van der Waals surface area contributed by atoms with Crippen LogP contribution in [0.1, 0.15) is 0 Å². The van der Waals surface area contributed by atoms with Gasteiger partial charge in [0.1, 0.15) is 0 Å². The third-order valence-corrected chi connectivity index (χ3v) is 9.21. The molecule has 41 heavy (non-hydrogen) atoms. The predicted octanol–water partition coefficient (Wildman–Crippen LogP) is 11.0. The average molecular weight is 518 g/mol. The van der Waals surface area contributed by atoms with Crippen molar-refractivity contribution in [2.75, 3.05) is 0 Å². The maximum Gasteiger partial charge on any atom is 0.0547 e. The highest BCUT2D eigenvalue weighted by molar-refractivity contribution is 6.24. The normalized spacial score (nSPS) is 12.4. The molecule has 1 aliphatic rings. The lowest BCUT2D eigenvalue weighted by Crippen LogP contribution is -2.00. The fourth-order valence-electron chi connectivity index (χ4n) is 7.26. The quantitative estimate of drug-likeness (QED) is 0.201. The molecule has 10 rings (SSSR count). The SMILES string of the molecule is c1ccc(-c2ccc3cc4c(cc3c2)-c2cc3cc(-n5c6cccc7ccc8cccc5c8c76)ccc3cc2-4)cc1. The zero-order valence-electron chi connectivity index (χ0n) is 22.2. The molecule has 188 valence electrons. The van der Waals surface area contributed by atoms with Crippen molar-refractivity contribution in [1.29, 1.82) is 0 Å². The van der Waals surface area contributed by atoms with Crippen LogP contribution in [0.25, 0.3) is 93.2 Å². The minimum atomic E-state index is 1.21. The second kappa shape index (κ2) is 7.62. The Morgan fingerprint density at radius 3 is 1.49 bits per heavy atom. The summed E-state index contributed by atoms with van der Waals surface area (Å²) in [6.07, 6.45) is 0. The van der Waals surface area contributed by atoms with E-state index in [-0.39, 0.29) is 0 Å². The molecule has 1 aromatic heterocycles. The topological polar surface area (TPSA) is 4.93 Å². The van der Waals surface area contributed by atoms with E-state index in [2.05, 4.69) is 144 Å². The lowest BCUT2D eigenvalue weighted by Gasteiger charge is -2.26. The molecule has 0 amide bonds. The predicted molar refractivity (Wildman–Crippen MR) is 174 cm³/mol. The van der Waals surface area contributed by atoms with Crippen molar-refractivity contribution in [2.24, 2.45) is 0 Å². The fourth-order valence-corrected chi connectivity index (χ4v) is 7.26. The third kappa shape index (κ3) is 2.85. The zero-order valence-corrected chi connectivity index (χ0v) is 22.2. The molecule has 0 radical (unpaired) electrons. The minimum Gasteiger partial charge on any atom is -0.309 e. The summed E-state index contributed by atoms with van der Waals surface area (Å²) >= 11 is 0. The van der Waals surface area contributed by atoms with E-state index in [0.29, 0.717) is 0 Å². The molecule has 0 atom stereocenters. The molecule has 0 saturated heterocycles. The van der Waals surface area contributed by atoms with E-state index in [1.807, 2.05) is 0 Å². The van der Waals surface area contributed by atoms with Crippen LogP contribution in [0.2, 0.25) is 0 Å². The number of fused-ring (bicyclic) bond motifs is 6. The average Bonchev–Trinajstić information content (AvgIpc) is 3.38. The van der Waals surface area contributed by atoms with E-state index in [1.165, 1.54) is 93.2 Å². The lowest BCUT2D eigenvalue weighted by atomic mass is 9.77. The van der Waals surface area contributed by atoms with Crippen LogP contribution in [0, 0.1) is 0 Å². The molecule has 0 N–H and O–H groups in total. The number of rotatable bonds is 2. The summed E-state index contributed by atoms with van der Waals surface area (Å²) < 4.78 is 2.44. The summed E-state index contributed by atoms with van der Waals surface area (Å²) in [6.45, 7) is 0. The number of hydrogen-bond donors (Lipinski definition) is 0. The van der Waals surface area contributed by atoms with Crippen LogP contribution in [-0.2, 0) is 0 Å². The van der Waals surface area contributed by atoms with Gasteiger partial charge in [0.25, 0.3) is 0 Å². The molecule has 1 nitrogen and oxygen atoms in total. The van der Waals surface area contributed by atoms with E-state index >= 15 is 0 Å². The van der Waals surface area contributed by atoms with Crippen LogP contribution in [0.15, 0.2) is 140 Å². The molecular weight excluding hydrogens is 494 g/mol. The summed E-state index contributed by atoms with van der Waals surface area (Å²) in [6, 6.07) is 51.8. The number of hydrogen-bond acceptors (Lipinski definition) is 0. The van der Waals surface area contributed by atoms with Gasteiger partial charge in [0.05, 0.1) is 11.0 Å². The van der Waals surface area contributed by atoms with Gasteiger partial charge in [-0.15, -0.1) is 0 Å². The molecule has 1 heterocycles. The Morgan fingerprint density at radius 2 is 0.854 bits per heavy atom. The summed E-state index contributed by atoms with van der Waals surface area (Å²) in [5, 5.41) is 10.5. The van der Waals surface area contributed by atoms with Gasteiger partial charge >= 0.3 is 0 Å². The van der Waals surface area contributed by atoms with Crippen molar-refractivity contribution in [1.82, 2.24) is 4.57 Å². The zero-order chi connectivity index (χ0) is 26.7. The minimum absolute atomic E-state index is 1.21. The highest BCUT2D eigenvalue weighted by Gasteiger charge is 2.24. The van der Waals surface area contributed by atoms with Gasteiger partial charge < -0.3 is 4.57 Å². The summed E-state index contributed by atoms with van der Waals surface area (Å²) in [4.78, 5) is 0. The van der Waals surface area contributed by atoms with Crippen LogP contribution in [0.5, 0.6) is 0 Å². The second-order valence-corrected chi connectivity index (χ2v) is 11.4. The second-order valence-electron chi connectivity index (χ2n) is 11.4. The number of benzene rings is 8. The van der Waals surface area contributed by atoms with E-state index < -0.39 is 0 Å². The Hall–Kier alpha value is -5.40. The third-order valence-electron chi connectivity index (χ3n) is 9.21. The maximum atomic E-state index is 2.44. The van der Waals surface area contributed by atoms with Gasteiger partial charge in [0.2, 0.25) is 0 Å². The van der Waals surface area contributed by atoms with E-state index in [0.717, 1.165) is 0 Å². The first-order valence-corrected chi connectivity index (χ1v) is 14.3. The van der Waals surface area contributed by atoms with Gasteiger partial charge in [0, 0.05) is 16.5 Å². The molecule has 8 aromatic carbocycles. The summed E-state index contributed by atoms with van der Waals surface area (Å²) in [5.74, 6) is 0. The van der Waals surface area contributed by atoms with Gasteiger partial charge in [-0.3, -0.25) is 0 Å². The van der Waals surface area contributed by atoms with Crippen LogP contribution in [0.3, 0.4) is 0 Å². The van der Waals surface area contributed by atoms with Gasteiger partial charge in [-0.2, -0.15) is 0 Å². The van der Waals surface area contributed by atoms with E-state index in [9.17, 15) is 0 Å². The van der Waals surface area contributed by atoms with Crippen molar-refractivity contribution in [3.63, 3.8) is 0 Å². The van der Waals surface area contributed by atoms with Crippen molar-refractivity contribution < 1.29 is 0 Å². The molecular formula is C40H23N. The Kier molecular flexibility index (Phi) is 3.98. The number of nitrogens with zero attached hydrogens (tertiary/aromatic N) is 1. The maximum absolute atomic E-state index is 2.44. The highest BCUT2D eigenvalue weighted by Crippen LogP contribution is 2.51. The van der Waals surface area contributed by atoms with Crippen molar-refractivity contribution in [3.05, 3.63) is 140 Å². The van der Waals surface area contributed by atoms with Crippen LogP contribution in [0.4, 0.5) is 0 Å². The first-order chi connectivity index (χ1) is 20.3. The molecule has 0 bridgehead atoms. The van der Waals surface area contributed by atoms with Gasteiger partial charge in [-0.25, -0.2) is 0 Å². The molecule has 0 fully saturated rings. The van der Waals surface area contributed by atoms with Crippen LogP contribution < -0.4 is 0 Å². The smallest absolute Gasteiger partial charge is 0.0547 e. The Morgan fingerprint density at radius 1 is 0.317 bits per heavy atom. The molecule has 0 spiro atoms. The Labute approximate surface area is 236 Å². The van der Waals surface area contributed by atoms with E-state index in [1.54, 1.807) is 0 Å². The lowest BCUT2D eigenvalue weighted by molar-refractivity contribution is 1.19. The van der Waals surface area contributed by atoms with Crippen LogP contribution >= 0.6 is 0 Å². The molecule has 1 heteroatoms. The molecule has 0 unspecified atom stereocenters. The van der Waals surface area contributed by atoms with Gasteiger partial charge in [-0.05, 0) is 120 Å². The molecule has 9 aromatic rings. The van der Waals surface area contributed by atoms with E-state index in [4.69, 9.17) is 0 Å². The Balaban J connectivity index is 1.15. The first kappa shape index (κ1) is 21.4. The highest BCUT2D eigenvalue weighted by atomic mass is 15.0. The van der Waals surface area contributed by atoms with Crippen molar-refractivity contribution >= 4 is 54.1 Å². The van der Waals surface area contributed by atoms with Crippen molar-refractivity contribution in [3.8, 4) is 39.1 Å². The largest absolute Gasteiger partial charge is 0.309 e. The monoisotopic (exact) mass is 517 g/mol.